The molecule has 3 N–H and O–H groups in total. The quantitative estimate of drug-likeness (QED) is 0.818. The third-order valence-corrected chi connectivity index (χ3v) is 4.35. The number of rotatable bonds is 7. The van der Waals surface area contributed by atoms with Crippen LogP contribution in [0.4, 0.5) is 0 Å². The predicted octanol–water partition coefficient (Wildman–Crippen LogP) is 2.83. The van der Waals surface area contributed by atoms with Crippen LogP contribution in [0.1, 0.15) is 37.6 Å². The largest absolute Gasteiger partial charge is 0.459 e. The summed E-state index contributed by atoms with van der Waals surface area (Å²) in [6.45, 7) is 6.96. The third kappa shape index (κ3) is 4.16. The molecule has 0 bridgehead atoms. The van der Waals surface area contributed by atoms with Crippen LogP contribution in [-0.2, 0) is 4.79 Å². The van der Waals surface area contributed by atoms with Gasteiger partial charge in [0.25, 0.3) is 0 Å². The van der Waals surface area contributed by atoms with E-state index in [-0.39, 0.29) is 17.9 Å². The average Bonchev–Trinajstić information content (AvgIpc) is 2.86. The van der Waals surface area contributed by atoms with E-state index < -0.39 is 6.04 Å². The maximum absolute atomic E-state index is 12.5. The van der Waals surface area contributed by atoms with Crippen molar-refractivity contribution in [1.29, 1.82) is 0 Å². The number of para-hydroxylation sites is 1. The Hall–Kier alpha value is -1.85. The van der Waals surface area contributed by atoms with E-state index in [0.717, 1.165) is 28.8 Å². The summed E-state index contributed by atoms with van der Waals surface area (Å²) in [5.41, 5.74) is 7.96. The van der Waals surface area contributed by atoms with Crippen LogP contribution in [-0.4, -0.2) is 37.5 Å². The van der Waals surface area contributed by atoms with Gasteiger partial charge < -0.3 is 20.4 Å². The lowest BCUT2D eigenvalue weighted by Gasteiger charge is -2.23. The second-order valence-corrected chi connectivity index (χ2v) is 7.02. The summed E-state index contributed by atoms with van der Waals surface area (Å²) in [5, 5.41) is 4.17. The number of aryl methyl sites for hydroxylation is 1. The van der Waals surface area contributed by atoms with Crippen molar-refractivity contribution in [3.63, 3.8) is 0 Å². The summed E-state index contributed by atoms with van der Waals surface area (Å²) in [6.07, 6.45) is 0.628. The molecule has 5 nitrogen and oxygen atoms in total. The first kappa shape index (κ1) is 18.5. The van der Waals surface area contributed by atoms with Crippen LogP contribution in [0.2, 0.25) is 0 Å². The van der Waals surface area contributed by atoms with E-state index in [1.165, 1.54) is 0 Å². The number of carbonyl (C=O) groups excluding carboxylic acids is 1. The van der Waals surface area contributed by atoms with Gasteiger partial charge in [0, 0.05) is 10.9 Å². The number of hydrogen-bond donors (Lipinski definition) is 2. The van der Waals surface area contributed by atoms with Gasteiger partial charge in [0.2, 0.25) is 5.91 Å². The first-order chi connectivity index (χ1) is 11.3. The van der Waals surface area contributed by atoms with Gasteiger partial charge in [-0.15, -0.1) is 0 Å². The summed E-state index contributed by atoms with van der Waals surface area (Å²) >= 11 is 0. The van der Waals surface area contributed by atoms with E-state index in [1.54, 1.807) is 0 Å². The Morgan fingerprint density at radius 1 is 1.29 bits per heavy atom. The molecule has 2 rings (SSSR count). The van der Waals surface area contributed by atoms with E-state index in [2.05, 4.69) is 19.2 Å². The van der Waals surface area contributed by atoms with Gasteiger partial charge in [-0.25, -0.2) is 0 Å². The maximum atomic E-state index is 12.5. The number of furan rings is 1. The summed E-state index contributed by atoms with van der Waals surface area (Å²) in [5.74, 6) is 0.893. The van der Waals surface area contributed by atoms with E-state index in [0.29, 0.717) is 6.42 Å². The molecule has 24 heavy (non-hydrogen) atoms. The first-order valence-corrected chi connectivity index (χ1v) is 8.50. The van der Waals surface area contributed by atoms with Crippen LogP contribution in [0.5, 0.6) is 0 Å². The van der Waals surface area contributed by atoms with Gasteiger partial charge in [-0.3, -0.25) is 4.79 Å². The van der Waals surface area contributed by atoms with E-state index in [1.807, 2.05) is 50.2 Å². The number of hydrogen-bond acceptors (Lipinski definition) is 4. The van der Waals surface area contributed by atoms with Crippen molar-refractivity contribution in [3.8, 4) is 0 Å². The molecular formula is C19H29N3O2. The van der Waals surface area contributed by atoms with Gasteiger partial charge >= 0.3 is 0 Å². The summed E-state index contributed by atoms with van der Waals surface area (Å²) < 4.78 is 6.04. The number of fused-ring (bicyclic) bond motifs is 1. The van der Waals surface area contributed by atoms with Crippen molar-refractivity contribution in [2.24, 2.45) is 11.7 Å². The Bertz CT molecular complexity index is 691. The molecule has 2 aromatic rings. The zero-order valence-electron chi connectivity index (χ0n) is 15.3. The van der Waals surface area contributed by atoms with E-state index in [4.69, 9.17) is 10.2 Å². The highest BCUT2D eigenvalue weighted by Gasteiger charge is 2.26. The fourth-order valence-electron chi connectivity index (χ4n) is 2.81. The number of benzene rings is 1. The van der Waals surface area contributed by atoms with Crippen molar-refractivity contribution >= 4 is 16.9 Å². The molecular weight excluding hydrogens is 302 g/mol. The highest BCUT2D eigenvalue weighted by atomic mass is 16.3. The summed E-state index contributed by atoms with van der Waals surface area (Å²) in [7, 11) is 3.94. The number of carbonyl (C=O) groups is 1. The lowest BCUT2D eigenvalue weighted by Crippen LogP contribution is -2.44. The molecule has 2 atom stereocenters. The third-order valence-electron chi connectivity index (χ3n) is 4.35. The van der Waals surface area contributed by atoms with Crippen LogP contribution in [0.3, 0.4) is 0 Å². The second kappa shape index (κ2) is 7.81. The molecule has 0 radical (unpaired) electrons. The summed E-state index contributed by atoms with van der Waals surface area (Å²) in [4.78, 5) is 14.5. The zero-order chi connectivity index (χ0) is 17.9. The van der Waals surface area contributed by atoms with Gasteiger partial charge in [-0.05, 0) is 46.0 Å². The number of amides is 1. The molecule has 0 spiro atoms. The molecule has 2 unspecified atom stereocenters. The Morgan fingerprint density at radius 3 is 2.54 bits per heavy atom. The second-order valence-electron chi connectivity index (χ2n) is 7.02. The normalized spacial score (nSPS) is 14.3. The molecule has 1 aromatic carbocycles. The minimum atomic E-state index is -0.515. The molecule has 1 heterocycles. The van der Waals surface area contributed by atoms with Crippen LogP contribution in [0, 0.1) is 12.8 Å². The fraction of sp³-hybridized carbons (Fsp3) is 0.526. The molecule has 0 fully saturated rings. The highest BCUT2D eigenvalue weighted by Crippen LogP contribution is 2.32. The van der Waals surface area contributed by atoms with Crippen molar-refractivity contribution in [1.82, 2.24) is 10.2 Å². The molecule has 0 saturated carbocycles. The Kier molecular flexibility index (Phi) is 6.02. The zero-order valence-corrected chi connectivity index (χ0v) is 15.3. The molecule has 1 aromatic heterocycles. The Labute approximate surface area is 144 Å². The standard InChI is InChI=1S/C19H29N3O2/c1-12(2)17(21-19(23)15(20)10-11-22(4)5)18-13(3)14-8-6-7-9-16(14)24-18/h6-9,12,15,17H,10-11,20H2,1-5H3,(H,21,23). The van der Waals surface area contributed by atoms with Gasteiger partial charge in [0.1, 0.15) is 11.3 Å². The van der Waals surface area contributed by atoms with Crippen molar-refractivity contribution in [2.45, 2.75) is 39.3 Å². The minimum absolute atomic E-state index is 0.129. The molecule has 0 saturated heterocycles. The van der Waals surface area contributed by atoms with Crippen LogP contribution < -0.4 is 11.1 Å². The lowest BCUT2D eigenvalue weighted by molar-refractivity contribution is -0.123. The maximum Gasteiger partial charge on any atom is 0.237 e. The van der Waals surface area contributed by atoms with Crippen molar-refractivity contribution in [3.05, 3.63) is 35.6 Å². The highest BCUT2D eigenvalue weighted by molar-refractivity contribution is 5.84. The summed E-state index contributed by atoms with van der Waals surface area (Å²) in [6, 6.07) is 7.24. The van der Waals surface area contributed by atoms with Crippen molar-refractivity contribution < 1.29 is 9.21 Å². The van der Waals surface area contributed by atoms with Crippen molar-refractivity contribution in [2.75, 3.05) is 20.6 Å². The molecule has 0 aliphatic carbocycles. The predicted molar refractivity (Wildman–Crippen MR) is 97.8 cm³/mol. The van der Waals surface area contributed by atoms with Gasteiger partial charge in [-0.1, -0.05) is 32.0 Å². The minimum Gasteiger partial charge on any atom is -0.459 e. The average molecular weight is 331 g/mol. The fourth-order valence-corrected chi connectivity index (χ4v) is 2.81. The molecule has 0 aliphatic rings. The molecule has 0 aliphatic heterocycles. The number of nitrogens with zero attached hydrogens (tertiary/aromatic N) is 1. The smallest absolute Gasteiger partial charge is 0.237 e. The number of nitrogens with one attached hydrogen (secondary N) is 1. The van der Waals surface area contributed by atoms with Crippen LogP contribution in [0.25, 0.3) is 11.0 Å². The molecule has 132 valence electrons. The van der Waals surface area contributed by atoms with Crippen LogP contribution in [0.15, 0.2) is 28.7 Å². The Balaban J connectivity index is 2.19. The van der Waals surface area contributed by atoms with Gasteiger partial charge in [0.15, 0.2) is 0 Å². The SMILES string of the molecule is Cc1c(C(NC(=O)C(N)CCN(C)C)C(C)C)oc2ccccc12. The van der Waals surface area contributed by atoms with E-state index >= 15 is 0 Å². The van der Waals surface area contributed by atoms with Crippen LogP contribution >= 0.6 is 0 Å². The topological polar surface area (TPSA) is 71.5 Å². The molecule has 5 heteroatoms. The Morgan fingerprint density at radius 2 is 1.96 bits per heavy atom. The number of nitrogens with two attached hydrogens (primary N) is 1. The van der Waals surface area contributed by atoms with Gasteiger partial charge in [0.05, 0.1) is 12.1 Å². The lowest BCUT2D eigenvalue weighted by atomic mass is 9.97. The molecule has 1 amide bonds. The monoisotopic (exact) mass is 331 g/mol. The van der Waals surface area contributed by atoms with Gasteiger partial charge in [-0.2, -0.15) is 0 Å². The van der Waals surface area contributed by atoms with E-state index in [9.17, 15) is 4.79 Å². The first-order valence-electron chi connectivity index (χ1n) is 8.50.